The number of methoxy groups -OCH3 is 1. The Hall–Kier alpha value is -4.90. The number of aromatic hydroxyl groups is 1. The number of para-hydroxylation sites is 2. The van der Waals surface area contributed by atoms with Crippen LogP contribution in [0.3, 0.4) is 0 Å². The molecule has 238 valence electrons. The van der Waals surface area contributed by atoms with Gasteiger partial charge in [-0.05, 0) is 48.7 Å². The van der Waals surface area contributed by atoms with E-state index in [0.717, 1.165) is 60.3 Å². The van der Waals surface area contributed by atoms with Gasteiger partial charge in [0.05, 0.1) is 39.7 Å². The lowest BCUT2D eigenvalue weighted by atomic mass is 9.91. The van der Waals surface area contributed by atoms with Crippen LogP contribution in [0.4, 0.5) is 0 Å². The number of nitrogens with one attached hydrogen (secondary N) is 1. The number of ether oxygens (including phenoxy) is 2. The predicted octanol–water partition coefficient (Wildman–Crippen LogP) is 4.87. The molecule has 9 rings (SSSR count). The lowest BCUT2D eigenvalue weighted by Gasteiger charge is -2.50. The van der Waals surface area contributed by atoms with Gasteiger partial charge in [-0.1, -0.05) is 48.5 Å². The number of carbonyl (C=O) groups is 2. The Bertz CT molecular complexity index is 2310. The van der Waals surface area contributed by atoms with Crippen LogP contribution < -0.4 is 11.1 Å². The van der Waals surface area contributed by atoms with E-state index >= 15 is 0 Å². The topological polar surface area (TPSA) is 124 Å². The van der Waals surface area contributed by atoms with Crippen molar-refractivity contribution >= 4 is 55.4 Å². The first-order valence-electron chi connectivity index (χ1n) is 16.0. The normalized spacial score (nSPS) is 23.8. The fourth-order valence-electron chi connectivity index (χ4n) is 8.79. The van der Waals surface area contributed by atoms with Gasteiger partial charge in [0, 0.05) is 48.7 Å². The molecule has 1 saturated heterocycles. The third kappa shape index (κ3) is 3.66. The third-order valence-electron chi connectivity index (χ3n) is 10.8. The quantitative estimate of drug-likeness (QED) is 0.250. The average Bonchev–Trinajstić information content (AvgIpc) is 3.72. The molecule has 2 amide bonds. The lowest BCUT2D eigenvalue weighted by molar-refractivity contribution is -0.266. The fraction of sp³-hybridized carbons (Fsp3) is 0.297. The van der Waals surface area contributed by atoms with Crippen molar-refractivity contribution in [1.82, 2.24) is 19.4 Å². The summed E-state index contributed by atoms with van der Waals surface area (Å²) < 4.78 is 18.1. The van der Waals surface area contributed by atoms with Gasteiger partial charge in [-0.2, -0.15) is 0 Å². The fourth-order valence-corrected chi connectivity index (χ4v) is 8.79. The van der Waals surface area contributed by atoms with E-state index in [0.29, 0.717) is 19.4 Å². The zero-order chi connectivity index (χ0) is 32.4. The molecule has 4 aromatic carbocycles. The molecule has 47 heavy (non-hydrogen) atoms. The van der Waals surface area contributed by atoms with Gasteiger partial charge in [0.1, 0.15) is 18.1 Å². The number of carbonyl (C=O) groups excluding carboxylic acids is 2. The third-order valence-corrected chi connectivity index (χ3v) is 10.8. The predicted molar refractivity (Wildman–Crippen MR) is 179 cm³/mol. The van der Waals surface area contributed by atoms with Gasteiger partial charge in [0.2, 0.25) is 5.91 Å². The first kappa shape index (κ1) is 28.3. The van der Waals surface area contributed by atoms with Gasteiger partial charge >= 0.3 is 0 Å². The van der Waals surface area contributed by atoms with Gasteiger partial charge in [0.15, 0.2) is 5.72 Å². The summed E-state index contributed by atoms with van der Waals surface area (Å²) in [7, 11) is 3.47. The van der Waals surface area contributed by atoms with Crippen molar-refractivity contribution in [2.75, 3.05) is 14.2 Å². The zero-order valence-electron chi connectivity index (χ0n) is 26.4. The van der Waals surface area contributed by atoms with Crippen LogP contribution >= 0.6 is 0 Å². The average molecular weight is 630 g/mol. The summed E-state index contributed by atoms with van der Waals surface area (Å²) in [6, 6.07) is 22.0. The number of nitrogens with two attached hydrogens (primary N) is 1. The molecule has 1 fully saturated rings. The molecule has 5 unspecified atom stereocenters. The van der Waals surface area contributed by atoms with Crippen LogP contribution in [0.2, 0.25) is 0 Å². The number of aromatic nitrogens is 2. The number of phenolic OH excluding ortho intramolecular Hbond substituents is 1. The highest BCUT2D eigenvalue weighted by Crippen LogP contribution is 2.54. The van der Waals surface area contributed by atoms with E-state index in [-0.39, 0.29) is 17.6 Å². The van der Waals surface area contributed by atoms with Crippen LogP contribution in [-0.2, 0) is 33.0 Å². The Labute approximate surface area is 270 Å². The molecule has 5 atom stereocenters. The number of nitrogens with zero attached hydrogens (tertiary/aromatic N) is 3. The van der Waals surface area contributed by atoms with Crippen LogP contribution in [0.25, 0.3) is 43.6 Å². The minimum atomic E-state index is -1.05. The number of likely N-dealkylation sites (N-methyl/N-ethyl adjacent to an activating group) is 1. The van der Waals surface area contributed by atoms with Crippen LogP contribution in [-0.4, -0.2) is 63.3 Å². The molecular weight excluding hydrogens is 594 g/mol. The van der Waals surface area contributed by atoms with Gasteiger partial charge in [-0.15, -0.1) is 0 Å². The minimum absolute atomic E-state index is 0.0680. The maximum atomic E-state index is 14.1. The summed E-state index contributed by atoms with van der Waals surface area (Å²) >= 11 is 0. The second-order valence-electron chi connectivity index (χ2n) is 13.2. The number of fused-ring (bicyclic) bond motifs is 13. The number of hydrogen-bond donors (Lipinski definition) is 3. The molecule has 4 N–H and O–H groups in total. The molecule has 2 bridgehead atoms. The molecule has 10 nitrogen and oxygen atoms in total. The van der Waals surface area contributed by atoms with Crippen molar-refractivity contribution in [3.05, 3.63) is 89.5 Å². The molecule has 0 aliphatic carbocycles. The smallest absolute Gasteiger partial charge is 0.252 e. The van der Waals surface area contributed by atoms with E-state index in [9.17, 15) is 14.7 Å². The van der Waals surface area contributed by atoms with E-state index < -0.39 is 30.1 Å². The second kappa shape index (κ2) is 9.80. The van der Waals surface area contributed by atoms with Crippen molar-refractivity contribution in [3.63, 3.8) is 0 Å². The van der Waals surface area contributed by atoms with E-state index in [4.69, 9.17) is 15.2 Å². The van der Waals surface area contributed by atoms with Crippen LogP contribution in [0.1, 0.15) is 41.1 Å². The molecule has 3 aliphatic rings. The Morgan fingerprint density at radius 1 is 1.06 bits per heavy atom. The molecule has 5 heterocycles. The standard InChI is InChI=1S/C37H35N5O5/c1-37-34(46-3)27(40(2)36(45)24(38)16-19-12-14-20(43)15-13-19)17-28(47-37)41-25-10-6-4-8-21(25)30-31-23(18-39-35(31)44)29-22-9-5-7-11-26(22)42(37)33(29)32(30)41/h4-15,24,27-28,34,43H,16-18,38H2,1-3H3,(H,39,44). The van der Waals surface area contributed by atoms with Gasteiger partial charge in [-0.3, -0.25) is 9.59 Å². The summed E-state index contributed by atoms with van der Waals surface area (Å²) in [6.07, 6.45) is -0.266. The summed E-state index contributed by atoms with van der Waals surface area (Å²) in [5.41, 5.74) is 12.0. The van der Waals surface area contributed by atoms with Gasteiger partial charge in [-0.25, -0.2) is 0 Å². The van der Waals surface area contributed by atoms with Crippen molar-refractivity contribution in [1.29, 1.82) is 0 Å². The van der Waals surface area contributed by atoms with Gasteiger partial charge in [0.25, 0.3) is 5.91 Å². The molecule has 10 heteroatoms. The monoisotopic (exact) mass is 629 g/mol. The number of phenols is 1. The van der Waals surface area contributed by atoms with Gasteiger partial charge < -0.3 is 39.7 Å². The molecule has 0 spiro atoms. The van der Waals surface area contributed by atoms with Crippen molar-refractivity contribution in [2.24, 2.45) is 5.73 Å². The second-order valence-corrected chi connectivity index (χ2v) is 13.2. The SMILES string of the molecule is COC1C(N(C)C(=O)C(N)Cc2ccc(O)cc2)CC2OC1(C)n1c3ccccc3c3c4c(c5c6ccccc6n2c5c31)C(=O)NC4. The summed E-state index contributed by atoms with van der Waals surface area (Å²) in [4.78, 5) is 29.4. The van der Waals surface area contributed by atoms with Crippen molar-refractivity contribution in [3.8, 4) is 5.75 Å². The molecule has 0 radical (unpaired) electrons. The largest absolute Gasteiger partial charge is 0.508 e. The molecule has 2 aromatic heterocycles. The van der Waals surface area contributed by atoms with E-state index in [2.05, 4.69) is 45.6 Å². The summed E-state index contributed by atoms with van der Waals surface area (Å²) in [5, 5.41) is 16.8. The maximum absolute atomic E-state index is 14.1. The van der Waals surface area contributed by atoms with E-state index in [1.54, 1.807) is 43.3 Å². The Morgan fingerprint density at radius 3 is 2.47 bits per heavy atom. The highest BCUT2D eigenvalue weighted by Gasteiger charge is 2.55. The Balaban J connectivity index is 1.29. The van der Waals surface area contributed by atoms with Crippen molar-refractivity contribution in [2.45, 2.75) is 56.5 Å². The highest BCUT2D eigenvalue weighted by atomic mass is 16.6. The highest BCUT2D eigenvalue weighted by molar-refractivity contribution is 6.31. The first-order valence-corrected chi connectivity index (χ1v) is 16.0. The number of benzene rings is 4. The van der Waals surface area contributed by atoms with Crippen LogP contribution in [0.15, 0.2) is 72.8 Å². The molecule has 3 aliphatic heterocycles. The van der Waals surface area contributed by atoms with Crippen molar-refractivity contribution < 1.29 is 24.2 Å². The van der Waals surface area contributed by atoms with Crippen LogP contribution in [0.5, 0.6) is 5.75 Å². The molecule has 6 aromatic rings. The maximum Gasteiger partial charge on any atom is 0.252 e. The summed E-state index contributed by atoms with van der Waals surface area (Å²) in [6.45, 7) is 2.50. The van der Waals surface area contributed by atoms with Crippen LogP contribution in [0, 0.1) is 0 Å². The molecular formula is C37H35N5O5. The first-order chi connectivity index (χ1) is 22.7. The number of rotatable bonds is 5. The zero-order valence-corrected chi connectivity index (χ0v) is 26.4. The lowest BCUT2D eigenvalue weighted by Crippen LogP contribution is -2.62. The molecule has 0 saturated carbocycles. The van der Waals surface area contributed by atoms with E-state index in [1.807, 2.05) is 24.3 Å². The summed E-state index contributed by atoms with van der Waals surface area (Å²) in [5.74, 6) is -0.107. The van der Waals surface area contributed by atoms with E-state index in [1.165, 1.54) is 0 Å². The Morgan fingerprint density at radius 2 is 1.74 bits per heavy atom. The number of hydrogen-bond acceptors (Lipinski definition) is 6. The minimum Gasteiger partial charge on any atom is -0.508 e. The number of amides is 2. The Kier molecular flexibility index (Phi) is 5.91.